The van der Waals surface area contributed by atoms with E-state index in [9.17, 15) is 14.7 Å². The molecule has 0 radical (unpaired) electrons. The van der Waals surface area contributed by atoms with Crippen molar-refractivity contribution in [1.29, 1.82) is 0 Å². The van der Waals surface area contributed by atoms with Gasteiger partial charge >= 0.3 is 0 Å². The highest BCUT2D eigenvalue weighted by molar-refractivity contribution is 6.01. The third-order valence-electron chi connectivity index (χ3n) is 4.19. The van der Waals surface area contributed by atoms with E-state index < -0.39 is 11.5 Å². The van der Waals surface area contributed by atoms with Crippen LogP contribution in [0.5, 0.6) is 0 Å². The Labute approximate surface area is 139 Å². The molecule has 0 aliphatic carbocycles. The molecule has 1 aromatic heterocycles. The summed E-state index contributed by atoms with van der Waals surface area (Å²) in [7, 11) is 0. The molecule has 1 aliphatic heterocycles. The molecule has 2 heterocycles. The van der Waals surface area contributed by atoms with Gasteiger partial charge in [-0.2, -0.15) is 0 Å². The maximum atomic E-state index is 12.6. The number of hydrogen-bond donors (Lipinski definition) is 3. The number of amides is 2. The summed E-state index contributed by atoms with van der Waals surface area (Å²) in [5, 5.41) is 16.0. The van der Waals surface area contributed by atoms with Gasteiger partial charge in [-0.3, -0.25) is 9.59 Å². The van der Waals surface area contributed by atoms with Crippen molar-refractivity contribution in [1.82, 2.24) is 5.32 Å². The normalized spacial score (nSPS) is 19.1. The molecule has 2 amide bonds. The summed E-state index contributed by atoms with van der Waals surface area (Å²) in [5.41, 5.74) is 0.116. The Bertz CT molecular complexity index is 779. The fraction of sp³-hybridized carbons (Fsp3) is 0.333. The van der Waals surface area contributed by atoms with Crippen LogP contribution in [0.4, 0.5) is 5.69 Å². The van der Waals surface area contributed by atoms with E-state index in [4.69, 9.17) is 4.42 Å². The number of para-hydroxylation sites is 1. The lowest BCUT2D eigenvalue weighted by Crippen LogP contribution is -2.42. The number of anilines is 1. The first-order valence-corrected chi connectivity index (χ1v) is 7.82. The molecule has 1 aromatic carbocycles. The van der Waals surface area contributed by atoms with E-state index in [1.807, 2.05) is 18.2 Å². The number of carbonyl (C=O) groups is 2. The van der Waals surface area contributed by atoms with Crippen molar-refractivity contribution in [2.24, 2.45) is 0 Å². The van der Waals surface area contributed by atoms with Crippen molar-refractivity contribution in [2.45, 2.75) is 31.8 Å². The smallest absolute Gasteiger partial charge is 0.228 e. The molecule has 3 N–H and O–H groups in total. The Kier molecular flexibility index (Phi) is 4.15. The molecule has 0 saturated carbocycles. The van der Waals surface area contributed by atoms with Crippen molar-refractivity contribution < 1.29 is 19.1 Å². The second-order valence-electron chi connectivity index (χ2n) is 6.29. The largest absolute Gasteiger partial charge is 0.463 e. The van der Waals surface area contributed by atoms with E-state index in [2.05, 4.69) is 10.6 Å². The van der Waals surface area contributed by atoms with Crippen molar-refractivity contribution in [3.8, 4) is 0 Å². The summed E-state index contributed by atoms with van der Waals surface area (Å²) in [6.45, 7) is 3.36. The molecule has 0 unspecified atom stereocenters. The molecular formula is C18H20N2O4. The lowest BCUT2D eigenvalue weighted by molar-refractivity contribution is -0.127. The molecule has 0 saturated heterocycles. The van der Waals surface area contributed by atoms with Crippen LogP contribution in [0.1, 0.15) is 36.3 Å². The van der Waals surface area contributed by atoms with E-state index in [0.717, 1.165) is 5.56 Å². The summed E-state index contributed by atoms with van der Waals surface area (Å²) < 4.78 is 5.43. The van der Waals surface area contributed by atoms with Gasteiger partial charge < -0.3 is 20.2 Å². The molecule has 6 nitrogen and oxygen atoms in total. The van der Waals surface area contributed by atoms with Gasteiger partial charge in [0, 0.05) is 12.1 Å². The molecule has 0 fully saturated rings. The van der Waals surface area contributed by atoms with Crippen LogP contribution in [-0.2, 0) is 15.2 Å². The van der Waals surface area contributed by atoms with Gasteiger partial charge in [-0.25, -0.2) is 0 Å². The monoisotopic (exact) mass is 328 g/mol. The molecule has 1 aliphatic rings. The minimum absolute atomic E-state index is 0.000920. The van der Waals surface area contributed by atoms with E-state index in [-0.39, 0.29) is 24.8 Å². The van der Waals surface area contributed by atoms with Gasteiger partial charge in [-0.15, -0.1) is 0 Å². The summed E-state index contributed by atoms with van der Waals surface area (Å²) in [4.78, 5) is 24.4. The highest BCUT2D eigenvalue weighted by Gasteiger charge is 2.33. The average Bonchev–Trinajstić information content (AvgIpc) is 2.99. The summed E-state index contributed by atoms with van der Waals surface area (Å²) in [5.74, 6) is 0.0313. The number of aryl methyl sites for hydroxylation is 1. The van der Waals surface area contributed by atoms with Gasteiger partial charge in [0.05, 0.1) is 12.5 Å². The number of hydrogen-bond acceptors (Lipinski definition) is 4. The Morgan fingerprint density at radius 1 is 1.38 bits per heavy atom. The fourth-order valence-electron chi connectivity index (χ4n) is 2.84. The SMILES string of the molecule is Cc1ccc([C@](C)(O)CNC(=O)[C@@H]2CC(=O)Nc3ccccc32)o1. The summed E-state index contributed by atoms with van der Waals surface area (Å²) in [6.07, 6.45) is 0.0881. The van der Waals surface area contributed by atoms with E-state index in [0.29, 0.717) is 17.2 Å². The Balaban J connectivity index is 1.72. The lowest BCUT2D eigenvalue weighted by atomic mass is 9.89. The predicted octanol–water partition coefficient (Wildman–Crippen LogP) is 2.04. The van der Waals surface area contributed by atoms with E-state index in [1.165, 1.54) is 0 Å². The van der Waals surface area contributed by atoms with Crippen LogP contribution in [0.3, 0.4) is 0 Å². The van der Waals surface area contributed by atoms with Crippen molar-refractivity contribution in [3.63, 3.8) is 0 Å². The van der Waals surface area contributed by atoms with Crippen LogP contribution in [0, 0.1) is 6.92 Å². The quantitative estimate of drug-likeness (QED) is 0.801. The van der Waals surface area contributed by atoms with Crippen LogP contribution >= 0.6 is 0 Å². The minimum Gasteiger partial charge on any atom is -0.463 e. The number of nitrogens with one attached hydrogen (secondary N) is 2. The first kappa shape index (κ1) is 16.3. The van der Waals surface area contributed by atoms with Gasteiger partial charge in [0.15, 0.2) is 0 Å². The Hall–Kier alpha value is -2.60. The molecule has 24 heavy (non-hydrogen) atoms. The lowest BCUT2D eigenvalue weighted by Gasteiger charge is -2.27. The number of fused-ring (bicyclic) bond motifs is 1. The zero-order chi connectivity index (χ0) is 17.3. The minimum atomic E-state index is -1.32. The Morgan fingerprint density at radius 2 is 2.12 bits per heavy atom. The fourth-order valence-corrected chi connectivity index (χ4v) is 2.84. The third kappa shape index (κ3) is 3.19. The zero-order valence-electron chi connectivity index (χ0n) is 13.6. The second kappa shape index (κ2) is 6.13. The second-order valence-corrected chi connectivity index (χ2v) is 6.29. The van der Waals surface area contributed by atoms with Crippen LogP contribution in [0.15, 0.2) is 40.8 Å². The van der Waals surface area contributed by atoms with Crippen molar-refractivity contribution in [3.05, 3.63) is 53.5 Å². The molecule has 0 bridgehead atoms. The number of benzene rings is 1. The van der Waals surface area contributed by atoms with Crippen LogP contribution < -0.4 is 10.6 Å². The first-order chi connectivity index (χ1) is 11.4. The van der Waals surface area contributed by atoms with Gasteiger partial charge in [0.25, 0.3) is 0 Å². The molecule has 2 atom stereocenters. The molecule has 126 valence electrons. The number of carbonyl (C=O) groups excluding carboxylic acids is 2. The first-order valence-electron chi connectivity index (χ1n) is 7.82. The van der Waals surface area contributed by atoms with Crippen molar-refractivity contribution >= 4 is 17.5 Å². The van der Waals surface area contributed by atoms with Crippen LogP contribution in [0.2, 0.25) is 0 Å². The highest BCUT2D eigenvalue weighted by atomic mass is 16.4. The number of furan rings is 1. The summed E-state index contributed by atoms with van der Waals surface area (Å²) >= 11 is 0. The highest BCUT2D eigenvalue weighted by Crippen LogP contribution is 2.32. The topological polar surface area (TPSA) is 91.6 Å². The number of rotatable bonds is 4. The standard InChI is InChI=1S/C18H20N2O4/c1-11-7-8-15(24-11)18(2,23)10-19-17(22)13-9-16(21)20-14-6-4-3-5-12(13)14/h3-8,13,23H,9-10H2,1-2H3,(H,19,22)(H,20,21)/t13-,18-/m1/s1. The van der Waals surface area contributed by atoms with Crippen molar-refractivity contribution in [2.75, 3.05) is 11.9 Å². The molecule has 0 spiro atoms. The van der Waals surface area contributed by atoms with E-state index in [1.54, 1.807) is 32.0 Å². The summed E-state index contributed by atoms with van der Waals surface area (Å²) in [6, 6.07) is 10.7. The Morgan fingerprint density at radius 3 is 2.83 bits per heavy atom. The molecule has 3 rings (SSSR count). The maximum absolute atomic E-state index is 12.6. The maximum Gasteiger partial charge on any atom is 0.228 e. The molecule has 2 aromatic rings. The van der Waals surface area contributed by atoms with Gasteiger partial charge in [0.1, 0.15) is 17.1 Å². The van der Waals surface area contributed by atoms with Gasteiger partial charge in [-0.05, 0) is 37.6 Å². The average molecular weight is 328 g/mol. The van der Waals surface area contributed by atoms with Crippen LogP contribution in [0.25, 0.3) is 0 Å². The van der Waals surface area contributed by atoms with Gasteiger partial charge in [-0.1, -0.05) is 18.2 Å². The van der Waals surface area contributed by atoms with E-state index >= 15 is 0 Å². The molecular weight excluding hydrogens is 308 g/mol. The van der Waals surface area contributed by atoms with Gasteiger partial charge in [0.2, 0.25) is 11.8 Å². The third-order valence-corrected chi connectivity index (χ3v) is 4.19. The zero-order valence-corrected chi connectivity index (χ0v) is 13.6. The predicted molar refractivity (Wildman–Crippen MR) is 88.5 cm³/mol. The molecule has 6 heteroatoms. The number of aliphatic hydroxyl groups is 1. The van der Waals surface area contributed by atoms with Crippen LogP contribution in [-0.4, -0.2) is 23.5 Å².